The van der Waals surface area contributed by atoms with Crippen LogP contribution in [0.15, 0.2) is 71.9 Å². The molecule has 5 aromatic rings. The van der Waals surface area contributed by atoms with Crippen LogP contribution < -0.4 is 15.0 Å². The molecule has 0 bridgehead atoms. The minimum absolute atomic E-state index is 0.167. The Morgan fingerprint density at radius 1 is 0.968 bits per heavy atom. The fourth-order valence-electron chi connectivity index (χ4n) is 3.72. The molecule has 0 atom stereocenters. The molecule has 0 unspecified atom stereocenters. The Kier molecular flexibility index (Phi) is 4.59. The molecule has 31 heavy (non-hydrogen) atoms. The molecule has 0 aliphatic rings. The maximum absolute atomic E-state index is 13.6. The van der Waals surface area contributed by atoms with E-state index < -0.39 is 0 Å². The number of nitrogens with zero attached hydrogens (tertiary/aromatic N) is 5. The predicted molar refractivity (Wildman–Crippen MR) is 117 cm³/mol. The molecule has 5 rings (SSSR count). The highest BCUT2D eigenvalue weighted by Gasteiger charge is 2.17. The summed E-state index contributed by atoms with van der Waals surface area (Å²) in [6, 6.07) is 17.0. The summed E-state index contributed by atoms with van der Waals surface area (Å²) in [6.07, 6.45) is 3.18. The average Bonchev–Trinajstić information content (AvgIpc) is 3.28. The van der Waals surface area contributed by atoms with Crippen LogP contribution in [-0.4, -0.2) is 38.4 Å². The molecule has 0 fully saturated rings. The van der Waals surface area contributed by atoms with Crippen molar-refractivity contribution in [3.05, 3.63) is 83.0 Å². The summed E-state index contributed by atoms with van der Waals surface area (Å²) in [7, 11) is 3.23. The van der Waals surface area contributed by atoms with Crippen LogP contribution in [0.1, 0.15) is 5.56 Å². The highest BCUT2D eigenvalue weighted by Crippen LogP contribution is 2.28. The van der Waals surface area contributed by atoms with Gasteiger partial charge in [-0.15, -0.1) is 0 Å². The summed E-state index contributed by atoms with van der Waals surface area (Å²) in [5, 5.41) is 4.79. The number of hydrogen-bond donors (Lipinski definition) is 0. The number of benzene rings is 2. The van der Waals surface area contributed by atoms with E-state index in [1.54, 1.807) is 29.5 Å². The smallest absolute Gasteiger partial charge is 0.262 e. The number of para-hydroxylation sites is 1. The Hall–Kier alpha value is -4.20. The highest BCUT2D eigenvalue weighted by molar-refractivity contribution is 5.93. The molecule has 0 amide bonds. The lowest BCUT2D eigenvalue weighted by molar-refractivity contribution is 0.408. The van der Waals surface area contributed by atoms with Crippen molar-refractivity contribution in [1.29, 1.82) is 0 Å². The quantitative estimate of drug-likeness (QED) is 0.440. The molecule has 0 aliphatic heterocycles. The van der Waals surface area contributed by atoms with Gasteiger partial charge < -0.3 is 14.0 Å². The molecule has 0 aliphatic carbocycles. The van der Waals surface area contributed by atoms with E-state index in [1.165, 1.54) is 6.33 Å². The van der Waals surface area contributed by atoms with Crippen molar-refractivity contribution in [2.75, 3.05) is 14.2 Å². The zero-order valence-electron chi connectivity index (χ0n) is 17.0. The Bertz CT molecular complexity index is 1450. The van der Waals surface area contributed by atoms with Crippen molar-refractivity contribution in [3.63, 3.8) is 0 Å². The molecule has 0 saturated carbocycles. The van der Waals surface area contributed by atoms with Gasteiger partial charge in [0.25, 0.3) is 11.3 Å². The first-order valence-electron chi connectivity index (χ1n) is 9.69. The Morgan fingerprint density at radius 3 is 2.55 bits per heavy atom. The van der Waals surface area contributed by atoms with Crippen LogP contribution in [0.5, 0.6) is 11.5 Å². The molecule has 154 valence electrons. The Labute approximate surface area is 177 Å². The summed E-state index contributed by atoms with van der Waals surface area (Å²) in [5.74, 6) is 1.89. The highest BCUT2D eigenvalue weighted by atomic mass is 16.5. The molecule has 0 saturated heterocycles. The van der Waals surface area contributed by atoms with Gasteiger partial charge in [-0.25, -0.2) is 4.98 Å². The van der Waals surface area contributed by atoms with Crippen LogP contribution in [0.4, 0.5) is 0 Å². The molecule has 3 heterocycles. The molecule has 8 heteroatoms. The first kappa shape index (κ1) is 18.8. The van der Waals surface area contributed by atoms with Gasteiger partial charge in [0.1, 0.15) is 17.8 Å². The largest absolute Gasteiger partial charge is 0.497 e. The minimum Gasteiger partial charge on any atom is -0.497 e. The van der Waals surface area contributed by atoms with E-state index in [9.17, 15) is 4.79 Å². The third-order valence-electron chi connectivity index (χ3n) is 5.24. The molecule has 0 spiro atoms. The fraction of sp³-hybridized carbons (Fsp3) is 0.130. The molecule has 0 N–H and O–H groups in total. The van der Waals surface area contributed by atoms with Gasteiger partial charge >= 0.3 is 0 Å². The summed E-state index contributed by atoms with van der Waals surface area (Å²) >= 11 is 0. The maximum atomic E-state index is 13.6. The van der Waals surface area contributed by atoms with Crippen LogP contribution in [0.2, 0.25) is 0 Å². The number of fused-ring (bicyclic) bond motifs is 2. The zero-order chi connectivity index (χ0) is 21.4. The number of hydrogen-bond acceptors (Lipinski definition) is 6. The maximum Gasteiger partial charge on any atom is 0.262 e. The number of pyridine rings is 1. The van der Waals surface area contributed by atoms with Crippen molar-refractivity contribution in [2.45, 2.75) is 6.54 Å². The Balaban J connectivity index is 1.76. The third kappa shape index (κ3) is 3.18. The SMILES string of the molecule is COc1ccc(-c2c3c(=O)n(Cc4ccccc4OC)ccc3nc3ncnn23)cc1. The van der Waals surface area contributed by atoms with Gasteiger partial charge in [-0.05, 0) is 36.4 Å². The zero-order valence-corrected chi connectivity index (χ0v) is 17.0. The molecule has 8 nitrogen and oxygen atoms in total. The van der Waals surface area contributed by atoms with Crippen molar-refractivity contribution in [1.82, 2.24) is 24.1 Å². The first-order valence-corrected chi connectivity index (χ1v) is 9.69. The lowest BCUT2D eigenvalue weighted by atomic mass is 10.1. The van der Waals surface area contributed by atoms with Gasteiger partial charge in [0.2, 0.25) is 0 Å². The van der Waals surface area contributed by atoms with Gasteiger partial charge in [-0.2, -0.15) is 14.6 Å². The van der Waals surface area contributed by atoms with Crippen LogP contribution in [0.25, 0.3) is 27.9 Å². The Morgan fingerprint density at radius 2 is 1.77 bits per heavy atom. The second-order valence-electron chi connectivity index (χ2n) is 6.98. The van der Waals surface area contributed by atoms with Gasteiger partial charge in [0.15, 0.2) is 0 Å². The summed E-state index contributed by atoms with van der Waals surface area (Å²) in [5.41, 5.74) is 2.76. The van der Waals surface area contributed by atoms with Crippen LogP contribution in [0, 0.1) is 0 Å². The van der Waals surface area contributed by atoms with Crippen LogP contribution in [-0.2, 0) is 6.54 Å². The molecular formula is C23H19N5O3. The van der Waals surface area contributed by atoms with E-state index in [2.05, 4.69) is 15.1 Å². The topological polar surface area (TPSA) is 83.5 Å². The average molecular weight is 413 g/mol. The van der Waals surface area contributed by atoms with Crippen LogP contribution in [0.3, 0.4) is 0 Å². The van der Waals surface area contributed by atoms with E-state index in [0.717, 1.165) is 22.6 Å². The summed E-state index contributed by atoms with van der Waals surface area (Å²) in [4.78, 5) is 22.4. The van der Waals surface area contributed by atoms with Crippen molar-refractivity contribution < 1.29 is 9.47 Å². The fourth-order valence-corrected chi connectivity index (χ4v) is 3.72. The van der Waals surface area contributed by atoms with Crippen molar-refractivity contribution in [2.24, 2.45) is 0 Å². The van der Waals surface area contributed by atoms with E-state index in [4.69, 9.17) is 9.47 Å². The number of rotatable bonds is 5. The van der Waals surface area contributed by atoms with E-state index in [1.807, 2.05) is 54.6 Å². The predicted octanol–water partition coefficient (Wildman–Crippen LogP) is 3.17. The van der Waals surface area contributed by atoms with E-state index >= 15 is 0 Å². The summed E-state index contributed by atoms with van der Waals surface area (Å²) in [6.45, 7) is 0.371. The van der Waals surface area contributed by atoms with E-state index in [-0.39, 0.29) is 5.56 Å². The van der Waals surface area contributed by atoms with Crippen LogP contribution >= 0.6 is 0 Å². The second kappa shape index (κ2) is 7.56. The number of ether oxygens (including phenoxy) is 2. The summed E-state index contributed by atoms with van der Waals surface area (Å²) < 4.78 is 14.0. The number of methoxy groups -OCH3 is 2. The molecular weight excluding hydrogens is 394 g/mol. The van der Waals surface area contributed by atoms with Gasteiger partial charge in [0.05, 0.1) is 37.4 Å². The minimum atomic E-state index is -0.167. The molecule has 2 aromatic carbocycles. The van der Waals surface area contributed by atoms with Gasteiger partial charge in [-0.3, -0.25) is 4.79 Å². The molecule has 3 aromatic heterocycles. The molecule has 0 radical (unpaired) electrons. The monoisotopic (exact) mass is 413 g/mol. The van der Waals surface area contributed by atoms with Crippen molar-refractivity contribution in [3.8, 4) is 22.8 Å². The first-order chi connectivity index (χ1) is 15.2. The second-order valence-corrected chi connectivity index (χ2v) is 6.98. The standard InChI is InChI=1S/C23H19N5O3/c1-30-17-9-7-15(8-10-17)21-20-18(26-23-24-14-25-28(21)23)11-12-27(22(20)29)13-16-5-3-4-6-19(16)31-2/h3-12,14H,13H2,1-2H3. The van der Waals surface area contributed by atoms with Gasteiger partial charge in [-0.1, -0.05) is 18.2 Å². The lowest BCUT2D eigenvalue weighted by Crippen LogP contribution is -2.22. The third-order valence-corrected chi connectivity index (χ3v) is 5.24. The van der Waals surface area contributed by atoms with Crippen molar-refractivity contribution >= 4 is 16.7 Å². The number of aromatic nitrogens is 5. The lowest BCUT2D eigenvalue weighted by Gasteiger charge is -2.13. The van der Waals surface area contributed by atoms with Gasteiger partial charge in [0, 0.05) is 17.3 Å². The van der Waals surface area contributed by atoms with E-state index in [0.29, 0.717) is 28.9 Å². The normalized spacial score (nSPS) is 11.2.